The van der Waals surface area contributed by atoms with Gasteiger partial charge in [-0.25, -0.2) is 0 Å². The molecule has 0 bridgehead atoms. The number of imide groups is 1. The number of carbonyl (C=O) groups excluding carboxylic acids is 6. The Bertz CT molecular complexity index is 2090. The van der Waals surface area contributed by atoms with Gasteiger partial charge >= 0.3 is 0 Å². The minimum Gasteiger partial charge on any atom is -0.492 e. The highest BCUT2D eigenvalue weighted by Crippen LogP contribution is 2.33. The van der Waals surface area contributed by atoms with E-state index in [-0.39, 0.29) is 35.6 Å². The van der Waals surface area contributed by atoms with Crippen molar-refractivity contribution in [2.75, 3.05) is 36.9 Å². The summed E-state index contributed by atoms with van der Waals surface area (Å²) in [5.74, 6) is -0.0581. The minimum absolute atomic E-state index is 0.0525. The van der Waals surface area contributed by atoms with Crippen molar-refractivity contribution in [1.29, 1.82) is 0 Å². The lowest BCUT2D eigenvalue weighted by atomic mass is 9.91. The zero-order valence-electron chi connectivity index (χ0n) is 31.4. The van der Waals surface area contributed by atoms with E-state index in [1.807, 2.05) is 28.9 Å². The number of likely N-dealkylation sites (tertiary alicyclic amines) is 1. The topological polar surface area (TPSA) is 145 Å². The molecule has 7 rings (SSSR count). The molecule has 3 aliphatic rings. The Hall–Kier alpha value is -6.30. The number of benzene rings is 4. The highest BCUT2D eigenvalue weighted by atomic mass is 16.5. The Morgan fingerprint density at radius 1 is 0.821 bits per heavy atom. The van der Waals surface area contributed by atoms with Gasteiger partial charge in [-0.05, 0) is 124 Å². The molecule has 288 valence electrons. The van der Waals surface area contributed by atoms with Gasteiger partial charge in [-0.3, -0.25) is 33.7 Å². The Morgan fingerprint density at radius 3 is 2.09 bits per heavy atom. The molecule has 1 saturated carbocycles. The first-order chi connectivity index (χ1) is 27.2. The van der Waals surface area contributed by atoms with Crippen LogP contribution in [0.2, 0.25) is 0 Å². The maximum atomic E-state index is 13.6. The van der Waals surface area contributed by atoms with Gasteiger partial charge in [-0.2, -0.15) is 0 Å². The number of nitrogens with zero attached hydrogens (tertiary/aromatic N) is 3. The lowest BCUT2D eigenvalue weighted by molar-refractivity contribution is -0.105. The summed E-state index contributed by atoms with van der Waals surface area (Å²) >= 11 is 0. The molecule has 2 heterocycles. The first-order valence-electron chi connectivity index (χ1n) is 19.3. The molecule has 12 heteroatoms. The highest BCUT2D eigenvalue weighted by Gasteiger charge is 2.35. The number of fused-ring (bicyclic) bond motifs is 1. The van der Waals surface area contributed by atoms with Crippen LogP contribution in [0.5, 0.6) is 5.75 Å². The fraction of sp³-hybridized carbons (Fsp3) is 0.318. The van der Waals surface area contributed by atoms with E-state index in [1.54, 1.807) is 78.9 Å². The predicted octanol–water partition coefficient (Wildman–Crippen LogP) is 6.64. The molecule has 2 aliphatic heterocycles. The number of rotatable bonds is 15. The highest BCUT2D eigenvalue weighted by molar-refractivity contribution is 6.21. The Kier molecular flexibility index (Phi) is 11.5. The van der Waals surface area contributed by atoms with E-state index in [0.29, 0.717) is 90.1 Å². The molecular formula is C44H45N5O7. The quantitative estimate of drug-likeness (QED) is 0.102. The second kappa shape index (κ2) is 17.0. The lowest BCUT2D eigenvalue weighted by Crippen LogP contribution is -2.38. The molecule has 0 atom stereocenters. The lowest BCUT2D eigenvalue weighted by Gasteiger charge is -2.32. The standard InChI is InChI=1S/C44H45N5O7/c1-2-56-39-26-33(15-20-38(39)45-28-50)42(53)49(35-18-19-35)27-30-9-11-31(12-10-30)40(51)46-34-16-13-32(14-17-34)41(52)47-24-21-29(22-25-47)6-5-23-48-43(54)36-7-3-4-8-37(36)44(48)55/h3-4,7-17,20,26,28-29,35H,2,5-6,18-19,21-25,27H2,1H3,(H,45,50)(H,46,51). The molecule has 1 aliphatic carbocycles. The van der Waals surface area contributed by atoms with Gasteiger partial charge in [-0.15, -0.1) is 0 Å². The molecular weight excluding hydrogens is 711 g/mol. The third-order valence-corrected chi connectivity index (χ3v) is 10.7. The van der Waals surface area contributed by atoms with Crippen LogP contribution in [0, 0.1) is 5.92 Å². The van der Waals surface area contributed by atoms with E-state index in [1.165, 1.54) is 4.90 Å². The largest absolute Gasteiger partial charge is 0.492 e. The van der Waals surface area contributed by atoms with Crippen molar-refractivity contribution in [2.24, 2.45) is 5.92 Å². The molecule has 1 saturated heterocycles. The number of ether oxygens (including phenoxy) is 1. The van der Waals surface area contributed by atoms with Crippen LogP contribution < -0.4 is 15.4 Å². The van der Waals surface area contributed by atoms with Crippen LogP contribution in [0.25, 0.3) is 0 Å². The van der Waals surface area contributed by atoms with Crippen LogP contribution in [0.1, 0.15) is 103 Å². The van der Waals surface area contributed by atoms with Gasteiger partial charge < -0.3 is 25.2 Å². The number of hydrogen-bond donors (Lipinski definition) is 2. The van der Waals surface area contributed by atoms with E-state index in [2.05, 4.69) is 10.6 Å². The maximum Gasteiger partial charge on any atom is 0.261 e. The SMILES string of the molecule is CCOc1cc(C(=O)N(Cc2ccc(C(=O)Nc3ccc(C(=O)N4CCC(CCCN5C(=O)c6ccccc6C5=O)CC4)cc3)cc2)C2CC2)ccc1NC=O. The third kappa shape index (κ3) is 8.49. The van der Waals surface area contributed by atoms with Crippen molar-refractivity contribution in [1.82, 2.24) is 14.7 Å². The van der Waals surface area contributed by atoms with E-state index < -0.39 is 0 Å². The van der Waals surface area contributed by atoms with Crippen molar-refractivity contribution < 1.29 is 33.5 Å². The molecule has 56 heavy (non-hydrogen) atoms. The number of piperidine rings is 1. The van der Waals surface area contributed by atoms with E-state index in [4.69, 9.17) is 4.74 Å². The van der Waals surface area contributed by atoms with Gasteiger partial charge in [0.25, 0.3) is 29.5 Å². The molecule has 4 aromatic rings. The van der Waals surface area contributed by atoms with Gasteiger partial charge in [0.1, 0.15) is 5.75 Å². The fourth-order valence-corrected chi connectivity index (χ4v) is 7.48. The predicted molar refractivity (Wildman–Crippen MR) is 211 cm³/mol. The van der Waals surface area contributed by atoms with Gasteiger partial charge in [-0.1, -0.05) is 24.3 Å². The molecule has 4 aromatic carbocycles. The molecule has 12 nitrogen and oxygen atoms in total. The van der Waals surface area contributed by atoms with Crippen molar-refractivity contribution in [3.8, 4) is 5.75 Å². The monoisotopic (exact) mass is 755 g/mol. The second-order valence-electron chi connectivity index (χ2n) is 14.5. The normalized spacial score (nSPS) is 15.3. The Morgan fingerprint density at radius 2 is 1.46 bits per heavy atom. The van der Waals surface area contributed by atoms with Gasteiger partial charge in [0, 0.05) is 54.6 Å². The summed E-state index contributed by atoms with van der Waals surface area (Å²) in [6.07, 6.45) is 5.76. The van der Waals surface area contributed by atoms with E-state index in [9.17, 15) is 28.8 Å². The number of anilines is 2. The average Bonchev–Trinajstić information content (AvgIpc) is 4.04. The van der Waals surface area contributed by atoms with Crippen molar-refractivity contribution >= 4 is 47.3 Å². The number of amides is 6. The maximum absolute atomic E-state index is 13.6. The van der Waals surface area contributed by atoms with Crippen LogP contribution >= 0.6 is 0 Å². The number of hydrogen-bond acceptors (Lipinski definition) is 7. The van der Waals surface area contributed by atoms with Crippen LogP contribution in [-0.4, -0.2) is 82.9 Å². The van der Waals surface area contributed by atoms with Crippen molar-refractivity contribution in [2.45, 2.75) is 58.0 Å². The molecule has 0 unspecified atom stereocenters. The van der Waals surface area contributed by atoms with Crippen LogP contribution in [-0.2, 0) is 11.3 Å². The second-order valence-corrected chi connectivity index (χ2v) is 14.5. The molecule has 0 radical (unpaired) electrons. The molecule has 0 spiro atoms. The number of nitrogens with one attached hydrogen (secondary N) is 2. The first kappa shape index (κ1) is 38.0. The van der Waals surface area contributed by atoms with Crippen LogP contribution in [0.15, 0.2) is 91.0 Å². The summed E-state index contributed by atoms with van der Waals surface area (Å²) < 4.78 is 5.65. The zero-order valence-corrected chi connectivity index (χ0v) is 31.4. The van der Waals surface area contributed by atoms with Gasteiger partial charge in [0.2, 0.25) is 6.41 Å². The molecule has 2 N–H and O–H groups in total. The van der Waals surface area contributed by atoms with Crippen molar-refractivity contribution in [3.05, 3.63) is 124 Å². The van der Waals surface area contributed by atoms with Crippen LogP contribution in [0.3, 0.4) is 0 Å². The average molecular weight is 756 g/mol. The summed E-state index contributed by atoms with van der Waals surface area (Å²) in [5.41, 5.74) is 4.38. The van der Waals surface area contributed by atoms with Gasteiger partial charge in [0.15, 0.2) is 0 Å². The minimum atomic E-state index is -0.289. The Labute approximate surface area is 325 Å². The summed E-state index contributed by atoms with van der Waals surface area (Å²) in [6.45, 7) is 4.29. The summed E-state index contributed by atoms with van der Waals surface area (Å²) in [4.78, 5) is 81.3. The van der Waals surface area contributed by atoms with E-state index >= 15 is 0 Å². The number of carbonyl (C=O) groups is 6. The van der Waals surface area contributed by atoms with Crippen LogP contribution in [0.4, 0.5) is 11.4 Å². The summed E-state index contributed by atoms with van der Waals surface area (Å²) in [7, 11) is 0. The fourth-order valence-electron chi connectivity index (χ4n) is 7.48. The summed E-state index contributed by atoms with van der Waals surface area (Å²) in [5, 5.41) is 5.51. The molecule has 6 amide bonds. The smallest absolute Gasteiger partial charge is 0.261 e. The first-order valence-corrected chi connectivity index (χ1v) is 19.3. The summed E-state index contributed by atoms with van der Waals surface area (Å²) in [6, 6.07) is 26.1. The van der Waals surface area contributed by atoms with E-state index in [0.717, 1.165) is 44.1 Å². The molecule has 0 aromatic heterocycles. The zero-order chi connectivity index (χ0) is 39.2. The van der Waals surface area contributed by atoms with Gasteiger partial charge in [0.05, 0.1) is 23.4 Å². The Balaban J connectivity index is 0.869. The van der Waals surface area contributed by atoms with Crippen molar-refractivity contribution in [3.63, 3.8) is 0 Å². The molecule has 2 fully saturated rings. The third-order valence-electron chi connectivity index (χ3n) is 10.7.